The maximum Gasteiger partial charge on any atom is 0.278 e. The molecule has 0 spiro atoms. The number of hydrogen-bond acceptors (Lipinski definition) is 5. The summed E-state index contributed by atoms with van der Waals surface area (Å²) in [4.78, 5) is 19.2. The lowest BCUT2D eigenvalue weighted by Gasteiger charge is -2.09. The number of carbonyl (C=O) groups excluding carboxylic acids is 1. The maximum atomic E-state index is 13.1. The Morgan fingerprint density at radius 1 is 1.11 bits per heavy atom. The van der Waals surface area contributed by atoms with Gasteiger partial charge < -0.3 is 16.8 Å². The Kier molecular flexibility index (Phi) is 3.23. The quantitative estimate of drug-likeness (QED) is 0.706. The van der Waals surface area contributed by atoms with Gasteiger partial charge in [0.1, 0.15) is 0 Å². The van der Waals surface area contributed by atoms with Crippen molar-refractivity contribution in [2.24, 2.45) is 0 Å². The Bertz CT molecular complexity index is 647. The van der Waals surface area contributed by atoms with Crippen LogP contribution in [0.3, 0.4) is 0 Å². The SMILES string of the molecule is Nc1cc(F)c(F)cc1NC(=O)c1nccnc1N. The molecule has 6 nitrogen and oxygen atoms in total. The summed E-state index contributed by atoms with van der Waals surface area (Å²) in [5.74, 6) is -3.03. The normalized spacial score (nSPS) is 10.2. The van der Waals surface area contributed by atoms with E-state index in [2.05, 4.69) is 15.3 Å². The van der Waals surface area contributed by atoms with Gasteiger partial charge in [0, 0.05) is 24.5 Å². The van der Waals surface area contributed by atoms with E-state index in [4.69, 9.17) is 11.5 Å². The van der Waals surface area contributed by atoms with Gasteiger partial charge in [-0.05, 0) is 0 Å². The molecule has 2 rings (SSSR count). The Balaban J connectivity index is 2.30. The van der Waals surface area contributed by atoms with Crippen LogP contribution in [0.1, 0.15) is 10.5 Å². The number of nitrogens with zero attached hydrogens (tertiary/aromatic N) is 2. The van der Waals surface area contributed by atoms with Gasteiger partial charge in [0.15, 0.2) is 23.1 Å². The van der Waals surface area contributed by atoms with Gasteiger partial charge in [0.05, 0.1) is 11.4 Å². The fraction of sp³-hybridized carbons (Fsp3) is 0. The molecule has 0 fully saturated rings. The molecule has 0 radical (unpaired) electrons. The summed E-state index contributed by atoms with van der Waals surface area (Å²) in [6, 6.07) is 1.54. The summed E-state index contributed by atoms with van der Waals surface area (Å²) < 4.78 is 25.9. The molecule has 8 heteroatoms. The standard InChI is InChI=1S/C11H9F2N5O/c12-5-3-7(14)8(4-6(5)13)18-11(19)9-10(15)17-2-1-16-9/h1-4H,14H2,(H2,15,17)(H,18,19). The van der Waals surface area contributed by atoms with Crippen LogP contribution in [0.2, 0.25) is 0 Å². The van der Waals surface area contributed by atoms with Crippen LogP contribution >= 0.6 is 0 Å². The van der Waals surface area contributed by atoms with Gasteiger partial charge in [0.25, 0.3) is 5.91 Å². The van der Waals surface area contributed by atoms with Crippen LogP contribution in [0.4, 0.5) is 26.0 Å². The van der Waals surface area contributed by atoms with Gasteiger partial charge in [-0.1, -0.05) is 0 Å². The van der Waals surface area contributed by atoms with E-state index in [9.17, 15) is 13.6 Å². The zero-order valence-corrected chi connectivity index (χ0v) is 9.52. The molecule has 5 N–H and O–H groups in total. The fourth-order valence-electron chi connectivity index (χ4n) is 1.38. The summed E-state index contributed by atoms with van der Waals surface area (Å²) in [7, 11) is 0. The molecule has 1 heterocycles. The van der Waals surface area contributed by atoms with Gasteiger partial charge in [-0.2, -0.15) is 0 Å². The average molecular weight is 265 g/mol. The second-order valence-corrected chi connectivity index (χ2v) is 3.60. The number of hydrogen-bond donors (Lipinski definition) is 3. The van der Waals surface area contributed by atoms with E-state index in [0.29, 0.717) is 0 Å². The number of halogens is 2. The van der Waals surface area contributed by atoms with E-state index < -0.39 is 17.5 Å². The van der Waals surface area contributed by atoms with Crippen molar-refractivity contribution in [3.8, 4) is 0 Å². The average Bonchev–Trinajstić information content (AvgIpc) is 2.36. The molecule has 0 unspecified atom stereocenters. The molecule has 0 aliphatic heterocycles. The highest BCUT2D eigenvalue weighted by Crippen LogP contribution is 2.22. The third kappa shape index (κ3) is 2.57. The minimum absolute atomic E-state index is 0.0750. The van der Waals surface area contributed by atoms with Crippen molar-refractivity contribution in [2.45, 2.75) is 0 Å². The molecule has 98 valence electrons. The molecular weight excluding hydrogens is 256 g/mol. The number of anilines is 3. The molecule has 0 saturated heterocycles. The smallest absolute Gasteiger partial charge is 0.278 e. The number of amides is 1. The van der Waals surface area contributed by atoms with Gasteiger partial charge in [0.2, 0.25) is 0 Å². The summed E-state index contributed by atoms with van der Waals surface area (Å²) in [6.45, 7) is 0. The van der Waals surface area contributed by atoms with E-state index in [1.165, 1.54) is 12.4 Å². The topological polar surface area (TPSA) is 107 Å². The highest BCUT2D eigenvalue weighted by Gasteiger charge is 2.15. The van der Waals surface area contributed by atoms with Crippen molar-refractivity contribution in [1.82, 2.24) is 9.97 Å². The maximum absolute atomic E-state index is 13.1. The lowest BCUT2D eigenvalue weighted by molar-refractivity contribution is 0.102. The van der Waals surface area contributed by atoms with Crippen LogP contribution < -0.4 is 16.8 Å². The van der Waals surface area contributed by atoms with Crippen molar-refractivity contribution in [3.63, 3.8) is 0 Å². The Hall–Kier alpha value is -2.77. The van der Waals surface area contributed by atoms with E-state index in [0.717, 1.165) is 12.1 Å². The third-order valence-electron chi connectivity index (χ3n) is 2.28. The first kappa shape index (κ1) is 12.7. The first-order valence-electron chi connectivity index (χ1n) is 5.11. The highest BCUT2D eigenvalue weighted by molar-refractivity contribution is 6.06. The van der Waals surface area contributed by atoms with Gasteiger partial charge in [-0.25, -0.2) is 18.7 Å². The molecule has 1 aromatic heterocycles. The number of nitrogens with one attached hydrogen (secondary N) is 1. The molecule has 0 aliphatic carbocycles. The van der Waals surface area contributed by atoms with Gasteiger partial charge >= 0.3 is 0 Å². The number of aromatic nitrogens is 2. The first-order chi connectivity index (χ1) is 8.99. The van der Waals surface area contributed by atoms with Crippen molar-refractivity contribution in [1.29, 1.82) is 0 Å². The lowest BCUT2D eigenvalue weighted by atomic mass is 10.2. The van der Waals surface area contributed by atoms with Crippen LogP contribution in [-0.4, -0.2) is 15.9 Å². The van der Waals surface area contributed by atoms with Crippen molar-refractivity contribution >= 4 is 23.1 Å². The van der Waals surface area contributed by atoms with E-state index >= 15 is 0 Å². The second-order valence-electron chi connectivity index (χ2n) is 3.60. The van der Waals surface area contributed by atoms with Crippen LogP contribution in [0.5, 0.6) is 0 Å². The molecule has 0 atom stereocenters. The number of nitrogens with two attached hydrogens (primary N) is 2. The monoisotopic (exact) mass is 265 g/mol. The predicted molar refractivity (Wildman–Crippen MR) is 65.2 cm³/mol. The second kappa shape index (κ2) is 4.84. The lowest BCUT2D eigenvalue weighted by Crippen LogP contribution is -2.17. The minimum atomic E-state index is -1.13. The largest absolute Gasteiger partial charge is 0.397 e. The number of rotatable bonds is 2. The molecule has 1 amide bonds. The Labute approximate surface area is 106 Å². The summed E-state index contributed by atoms with van der Waals surface area (Å²) in [6.07, 6.45) is 2.60. The summed E-state index contributed by atoms with van der Waals surface area (Å²) in [5, 5.41) is 2.28. The zero-order chi connectivity index (χ0) is 14.0. The predicted octanol–water partition coefficient (Wildman–Crippen LogP) is 1.17. The molecule has 0 saturated carbocycles. The van der Waals surface area contributed by atoms with Gasteiger partial charge in [-0.3, -0.25) is 4.79 Å². The van der Waals surface area contributed by atoms with Gasteiger partial charge in [-0.15, -0.1) is 0 Å². The van der Waals surface area contributed by atoms with E-state index in [1.807, 2.05) is 0 Å². The Morgan fingerprint density at radius 3 is 2.42 bits per heavy atom. The van der Waals surface area contributed by atoms with Crippen LogP contribution in [-0.2, 0) is 0 Å². The molecule has 1 aromatic carbocycles. The number of nitrogen functional groups attached to an aromatic ring is 2. The molecule has 0 aliphatic rings. The van der Waals surface area contributed by atoms with E-state index in [-0.39, 0.29) is 22.9 Å². The Morgan fingerprint density at radius 2 is 1.74 bits per heavy atom. The number of carbonyl (C=O) groups is 1. The highest BCUT2D eigenvalue weighted by atomic mass is 19.2. The van der Waals surface area contributed by atoms with Crippen molar-refractivity contribution < 1.29 is 13.6 Å². The molecular formula is C11H9F2N5O. The fourth-order valence-corrected chi connectivity index (χ4v) is 1.38. The number of benzene rings is 1. The zero-order valence-electron chi connectivity index (χ0n) is 9.52. The minimum Gasteiger partial charge on any atom is -0.397 e. The summed E-state index contributed by atoms with van der Waals surface area (Å²) >= 11 is 0. The summed E-state index contributed by atoms with van der Waals surface area (Å²) in [5.41, 5.74) is 10.6. The van der Waals surface area contributed by atoms with Crippen LogP contribution in [0.25, 0.3) is 0 Å². The van der Waals surface area contributed by atoms with E-state index in [1.54, 1.807) is 0 Å². The molecule has 0 bridgehead atoms. The first-order valence-corrected chi connectivity index (χ1v) is 5.11. The van der Waals surface area contributed by atoms with Crippen molar-refractivity contribution in [2.75, 3.05) is 16.8 Å². The molecule has 19 heavy (non-hydrogen) atoms. The molecule has 2 aromatic rings. The third-order valence-corrected chi connectivity index (χ3v) is 2.28. The van der Waals surface area contributed by atoms with Crippen molar-refractivity contribution in [3.05, 3.63) is 41.9 Å². The van der Waals surface area contributed by atoms with Crippen LogP contribution in [0, 0.1) is 11.6 Å². The van der Waals surface area contributed by atoms with Crippen LogP contribution in [0.15, 0.2) is 24.5 Å².